The predicted molar refractivity (Wildman–Crippen MR) is 133 cm³/mol. The van der Waals surface area contributed by atoms with Crippen LogP contribution in [0.15, 0.2) is 34.5 Å². The number of carbonyl (C=O) groups excluding carboxylic acids is 3. The molecule has 2 aliphatic rings. The van der Waals surface area contributed by atoms with Crippen molar-refractivity contribution in [3.05, 3.63) is 55.9 Å². The Labute approximate surface area is 208 Å². The van der Waals surface area contributed by atoms with E-state index >= 15 is 0 Å². The molecule has 1 aromatic carbocycles. The van der Waals surface area contributed by atoms with Crippen LogP contribution in [0.25, 0.3) is 0 Å². The first-order valence-electron chi connectivity index (χ1n) is 10.7. The number of thiophene rings is 1. The SMILES string of the molecule is COC(=O)c1c(NC(=O)CC2S/C(=N\N=C/c3ccc([N+](=O)[O-])cc3)NC2=O)sc2c1CCCC2. The van der Waals surface area contributed by atoms with Gasteiger partial charge in [-0.3, -0.25) is 19.7 Å². The van der Waals surface area contributed by atoms with E-state index in [4.69, 9.17) is 4.74 Å². The number of nitro groups is 1. The molecule has 11 nitrogen and oxygen atoms in total. The quantitative estimate of drug-likeness (QED) is 0.248. The fraction of sp³-hybridized carbons (Fsp3) is 0.318. The molecule has 0 bridgehead atoms. The number of amidine groups is 1. The number of thioether (sulfide) groups is 1. The van der Waals surface area contributed by atoms with E-state index in [1.165, 1.54) is 48.9 Å². The number of amides is 2. The normalized spacial score (nSPS) is 18.4. The van der Waals surface area contributed by atoms with Crippen LogP contribution < -0.4 is 10.6 Å². The monoisotopic (exact) mass is 515 g/mol. The molecule has 2 amide bonds. The number of aryl methyl sites for hydroxylation is 1. The molecule has 0 spiro atoms. The van der Waals surface area contributed by atoms with Gasteiger partial charge in [0.1, 0.15) is 10.3 Å². The number of anilines is 1. The van der Waals surface area contributed by atoms with Gasteiger partial charge in [-0.1, -0.05) is 11.8 Å². The number of non-ortho nitro benzene ring substituents is 1. The summed E-state index contributed by atoms with van der Waals surface area (Å²) in [4.78, 5) is 48.6. The molecule has 35 heavy (non-hydrogen) atoms. The van der Waals surface area contributed by atoms with Gasteiger partial charge >= 0.3 is 5.97 Å². The summed E-state index contributed by atoms with van der Waals surface area (Å²) in [6, 6.07) is 5.76. The number of methoxy groups -OCH3 is 1. The molecule has 1 atom stereocenters. The maximum atomic E-state index is 12.7. The van der Waals surface area contributed by atoms with E-state index < -0.39 is 22.0 Å². The third-order valence-corrected chi connectivity index (χ3v) is 7.70. The lowest BCUT2D eigenvalue weighted by Gasteiger charge is -2.12. The number of carbonyl (C=O) groups is 3. The van der Waals surface area contributed by atoms with Crippen molar-refractivity contribution in [3.8, 4) is 0 Å². The van der Waals surface area contributed by atoms with Crippen molar-refractivity contribution in [2.75, 3.05) is 12.4 Å². The van der Waals surface area contributed by atoms with Crippen molar-refractivity contribution in [2.45, 2.75) is 37.4 Å². The second kappa shape index (κ2) is 10.8. The van der Waals surface area contributed by atoms with Crippen LogP contribution in [0.4, 0.5) is 10.7 Å². The molecule has 0 saturated carbocycles. The van der Waals surface area contributed by atoms with Crippen LogP contribution in [0, 0.1) is 10.1 Å². The van der Waals surface area contributed by atoms with E-state index in [1.54, 1.807) is 0 Å². The molecule has 2 heterocycles. The van der Waals surface area contributed by atoms with E-state index in [0.717, 1.165) is 47.9 Å². The lowest BCUT2D eigenvalue weighted by molar-refractivity contribution is -0.384. The van der Waals surface area contributed by atoms with Gasteiger partial charge in [0.05, 0.1) is 23.8 Å². The summed E-state index contributed by atoms with van der Waals surface area (Å²) in [5.74, 6) is -1.24. The van der Waals surface area contributed by atoms with Crippen LogP contribution in [-0.4, -0.2) is 46.4 Å². The average molecular weight is 516 g/mol. The lowest BCUT2D eigenvalue weighted by atomic mass is 9.95. The van der Waals surface area contributed by atoms with Gasteiger partial charge in [-0.15, -0.1) is 16.4 Å². The first-order valence-corrected chi connectivity index (χ1v) is 12.4. The van der Waals surface area contributed by atoms with Crippen molar-refractivity contribution in [1.82, 2.24) is 5.32 Å². The maximum Gasteiger partial charge on any atom is 0.341 e. The predicted octanol–water partition coefficient (Wildman–Crippen LogP) is 3.27. The Bertz CT molecular complexity index is 1240. The van der Waals surface area contributed by atoms with Gasteiger partial charge in [0.15, 0.2) is 5.17 Å². The summed E-state index contributed by atoms with van der Waals surface area (Å²) in [5.41, 5.74) is 1.92. The van der Waals surface area contributed by atoms with Gasteiger partial charge in [0.25, 0.3) is 5.69 Å². The highest BCUT2D eigenvalue weighted by Crippen LogP contribution is 2.38. The lowest BCUT2D eigenvalue weighted by Crippen LogP contribution is -2.28. The van der Waals surface area contributed by atoms with Crippen LogP contribution >= 0.6 is 23.1 Å². The topological polar surface area (TPSA) is 152 Å². The molecule has 2 N–H and O–H groups in total. The minimum absolute atomic E-state index is 0.0328. The summed E-state index contributed by atoms with van der Waals surface area (Å²) >= 11 is 2.46. The summed E-state index contributed by atoms with van der Waals surface area (Å²) in [5, 5.41) is 23.9. The van der Waals surface area contributed by atoms with Gasteiger partial charge in [-0.05, 0) is 48.9 Å². The summed E-state index contributed by atoms with van der Waals surface area (Å²) in [7, 11) is 1.31. The van der Waals surface area contributed by atoms with E-state index in [-0.39, 0.29) is 23.2 Å². The highest BCUT2D eigenvalue weighted by molar-refractivity contribution is 8.15. The minimum Gasteiger partial charge on any atom is -0.465 e. The molecule has 1 saturated heterocycles. The number of fused-ring (bicyclic) bond motifs is 1. The van der Waals surface area contributed by atoms with E-state index in [2.05, 4.69) is 20.8 Å². The van der Waals surface area contributed by atoms with Crippen LogP contribution in [-0.2, 0) is 27.2 Å². The first kappa shape index (κ1) is 24.5. The largest absolute Gasteiger partial charge is 0.465 e. The van der Waals surface area contributed by atoms with Gasteiger partial charge in [0.2, 0.25) is 11.8 Å². The van der Waals surface area contributed by atoms with Crippen LogP contribution in [0.5, 0.6) is 0 Å². The number of nitrogens with zero attached hydrogens (tertiary/aromatic N) is 3. The molecule has 1 fully saturated rings. The Morgan fingerprint density at radius 1 is 1.29 bits per heavy atom. The van der Waals surface area contributed by atoms with E-state index in [1.807, 2.05) is 0 Å². The smallest absolute Gasteiger partial charge is 0.341 e. The zero-order valence-corrected chi connectivity index (χ0v) is 20.2. The van der Waals surface area contributed by atoms with Crippen LogP contribution in [0.1, 0.15) is 45.6 Å². The molecule has 182 valence electrons. The first-order chi connectivity index (χ1) is 16.9. The molecular formula is C22H21N5O6S2. The Morgan fingerprint density at radius 3 is 2.74 bits per heavy atom. The average Bonchev–Trinajstić information content (AvgIpc) is 3.38. The van der Waals surface area contributed by atoms with Gasteiger partial charge in [0, 0.05) is 23.4 Å². The van der Waals surface area contributed by atoms with E-state index in [9.17, 15) is 24.5 Å². The number of benzene rings is 1. The Kier molecular flexibility index (Phi) is 7.56. The number of esters is 1. The van der Waals surface area contributed by atoms with Crippen molar-refractivity contribution < 1.29 is 24.0 Å². The van der Waals surface area contributed by atoms with Crippen molar-refractivity contribution in [1.29, 1.82) is 0 Å². The second-order valence-electron chi connectivity index (χ2n) is 7.75. The fourth-order valence-corrected chi connectivity index (χ4v) is 5.95. The molecule has 1 unspecified atom stereocenters. The van der Waals surface area contributed by atoms with Crippen LogP contribution in [0.3, 0.4) is 0 Å². The number of ether oxygens (including phenoxy) is 1. The number of nitrogens with one attached hydrogen (secondary N) is 2. The number of nitro benzene ring substituents is 1. The third kappa shape index (κ3) is 5.74. The van der Waals surface area contributed by atoms with Crippen molar-refractivity contribution in [2.24, 2.45) is 10.2 Å². The fourth-order valence-electron chi connectivity index (χ4n) is 3.73. The second-order valence-corrected chi connectivity index (χ2v) is 10.0. The standard InChI is InChI=1S/C22H21N5O6S2/c1-33-21(30)18-14-4-2-3-5-15(14)34-20(18)24-17(28)10-16-19(29)25-22(35-16)26-23-11-12-6-8-13(9-7-12)27(31)32/h6-9,11,16H,2-5,10H2,1H3,(H,24,28)(H,25,26,29)/b23-11-. The van der Waals surface area contributed by atoms with Crippen LogP contribution in [0.2, 0.25) is 0 Å². The molecular weight excluding hydrogens is 494 g/mol. The summed E-state index contributed by atoms with van der Waals surface area (Å²) in [6.45, 7) is 0. The molecule has 1 aromatic heterocycles. The zero-order valence-electron chi connectivity index (χ0n) is 18.6. The molecule has 1 aliphatic carbocycles. The third-order valence-electron chi connectivity index (χ3n) is 5.42. The molecule has 1 aliphatic heterocycles. The molecule has 4 rings (SSSR count). The summed E-state index contributed by atoms with van der Waals surface area (Å²) in [6.07, 6.45) is 4.94. The number of hydrogen-bond acceptors (Lipinski definition) is 10. The highest BCUT2D eigenvalue weighted by Gasteiger charge is 2.33. The highest BCUT2D eigenvalue weighted by atomic mass is 32.2. The van der Waals surface area contributed by atoms with Gasteiger partial charge in [-0.2, -0.15) is 5.10 Å². The Balaban J connectivity index is 1.37. The van der Waals surface area contributed by atoms with Crippen molar-refractivity contribution >= 4 is 63.0 Å². The van der Waals surface area contributed by atoms with Crippen molar-refractivity contribution in [3.63, 3.8) is 0 Å². The number of rotatable bonds is 7. The van der Waals surface area contributed by atoms with Gasteiger partial charge < -0.3 is 15.4 Å². The minimum atomic E-state index is -0.695. The summed E-state index contributed by atoms with van der Waals surface area (Å²) < 4.78 is 4.92. The molecule has 13 heteroatoms. The Hall–Kier alpha value is -3.58. The molecule has 2 aromatic rings. The zero-order chi connectivity index (χ0) is 24.9. The molecule has 0 radical (unpaired) electrons. The Morgan fingerprint density at radius 2 is 2.03 bits per heavy atom. The van der Waals surface area contributed by atoms with Gasteiger partial charge in [-0.25, -0.2) is 4.79 Å². The van der Waals surface area contributed by atoms with E-state index in [0.29, 0.717) is 16.1 Å². The number of hydrogen-bond donors (Lipinski definition) is 2. The maximum absolute atomic E-state index is 12.7.